The van der Waals surface area contributed by atoms with Gasteiger partial charge in [0, 0.05) is 5.57 Å². The molecule has 0 saturated carbocycles. The number of aliphatic carboxylic acids is 1. The number of carboxylic acids is 1. The van der Waals surface area contributed by atoms with Gasteiger partial charge in [0.15, 0.2) is 11.5 Å². The fraction of sp³-hybridized carbons (Fsp3) is 0.182. The molecule has 0 bridgehead atoms. The van der Waals surface area contributed by atoms with E-state index in [1.807, 2.05) is 0 Å². The van der Waals surface area contributed by atoms with Gasteiger partial charge < -0.3 is 14.6 Å². The van der Waals surface area contributed by atoms with Crippen LogP contribution in [0, 0.1) is 0 Å². The van der Waals surface area contributed by atoms with Crippen LogP contribution in [0.5, 0.6) is 11.5 Å². The fourth-order valence-corrected chi connectivity index (χ4v) is 1.66. The summed E-state index contributed by atoms with van der Waals surface area (Å²) in [5.41, 5.74) is 0.907. The van der Waals surface area contributed by atoms with Crippen LogP contribution in [0.4, 0.5) is 0 Å². The molecule has 84 valence electrons. The molecule has 0 atom stereocenters. The molecule has 0 aliphatic carbocycles. The molecule has 1 aliphatic heterocycles. The second-order valence-corrected chi connectivity index (χ2v) is 3.78. The van der Waals surface area contributed by atoms with Crippen LogP contribution in [-0.4, -0.2) is 17.9 Å². The maximum Gasteiger partial charge on any atom is 0.331 e. The molecular formula is C11H9ClO4. The summed E-state index contributed by atoms with van der Waals surface area (Å²) in [6.45, 7) is 1.65. The lowest BCUT2D eigenvalue weighted by Gasteiger charge is -2.01. The van der Waals surface area contributed by atoms with E-state index in [-0.39, 0.29) is 12.4 Å². The number of hydrogen-bond donors (Lipinski definition) is 1. The Morgan fingerprint density at radius 1 is 1.50 bits per heavy atom. The molecular weight excluding hydrogens is 232 g/mol. The Kier molecular flexibility index (Phi) is 2.75. The largest absolute Gasteiger partial charge is 0.478 e. The Bertz CT molecular complexity index is 479. The smallest absolute Gasteiger partial charge is 0.331 e. The van der Waals surface area contributed by atoms with Crippen LogP contribution < -0.4 is 9.47 Å². The first-order chi connectivity index (χ1) is 7.58. The van der Waals surface area contributed by atoms with Crippen molar-refractivity contribution in [1.29, 1.82) is 0 Å². The van der Waals surface area contributed by atoms with Gasteiger partial charge in [0.1, 0.15) is 0 Å². The van der Waals surface area contributed by atoms with Gasteiger partial charge in [0.05, 0.1) is 5.02 Å². The summed E-state index contributed by atoms with van der Waals surface area (Å²) in [4.78, 5) is 10.7. The summed E-state index contributed by atoms with van der Waals surface area (Å²) in [7, 11) is 0. The molecule has 1 aromatic carbocycles. The summed E-state index contributed by atoms with van der Waals surface area (Å²) in [6, 6.07) is 3.34. The molecule has 0 unspecified atom stereocenters. The van der Waals surface area contributed by atoms with Gasteiger partial charge >= 0.3 is 5.97 Å². The number of halogens is 1. The van der Waals surface area contributed by atoms with Crippen molar-refractivity contribution in [3.8, 4) is 11.5 Å². The number of rotatable bonds is 2. The lowest BCUT2D eigenvalue weighted by atomic mass is 10.1. The van der Waals surface area contributed by atoms with Crippen molar-refractivity contribution in [2.24, 2.45) is 0 Å². The van der Waals surface area contributed by atoms with E-state index in [1.54, 1.807) is 12.1 Å². The molecule has 1 aliphatic rings. The van der Waals surface area contributed by atoms with Gasteiger partial charge in [-0.1, -0.05) is 11.6 Å². The van der Waals surface area contributed by atoms with Crippen molar-refractivity contribution in [3.63, 3.8) is 0 Å². The predicted octanol–water partition coefficient (Wildman–Crippen LogP) is 2.56. The van der Waals surface area contributed by atoms with Gasteiger partial charge in [-0.25, -0.2) is 4.79 Å². The number of carbonyl (C=O) groups is 1. The second-order valence-electron chi connectivity index (χ2n) is 3.37. The van der Waals surface area contributed by atoms with E-state index in [0.717, 1.165) is 0 Å². The zero-order valence-electron chi connectivity index (χ0n) is 8.49. The minimum Gasteiger partial charge on any atom is -0.478 e. The molecule has 0 spiro atoms. The minimum absolute atomic E-state index is 0.139. The molecule has 16 heavy (non-hydrogen) atoms. The number of benzene rings is 1. The molecule has 0 fully saturated rings. The molecule has 2 rings (SSSR count). The highest BCUT2D eigenvalue weighted by atomic mass is 35.5. The number of hydrogen-bond acceptors (Lipinski definition) is 3. The van der Waals surface area contributed by atoms with Crippen molar-refractivity contribution in [1.82, 2.24) is 0 Å². The van der Waals surface area contributed by atoms with Crippen LogP contribution in [0.3, 0.4) is 0 Å². The minimum atomic E-state index is -0.964. The molecule has 4 nitrogen and oxygen atoms in total. The molecule has 0 amide bonds. The average Bonchev–Trinajstić information content (AvgIpc) is 2.65. The van der Waals surface area contributed by atoms with E-state index >= 15 is 0 Å². The second kappa shape index (κ2) is 4.06. The molecule has 0 aromatic heterocycles. The van der Waals surface area contributed by atoms with Gasteiger partial charge in [-0.05, 0) is 30.7 Å². The first-order valence-electron chi connectivity index (χ1n) is 4.58. The molecule has 5 heteroatoms. The third kappa shape index (κ3) is 1.97. The van der Waals surface area contributed by atoms with Crippen LogP contribution in [0.2, 0.25) is 5.02 Å². The van der Waals surface area contributed by atoms with Crippen molar-refractivity contribution in [3.05, 3.63) is 28.3 Å². The van der Waals surface area contributed by atoms with Crippen molar-refractivity contribution in [2.45, 2.75) is 6.92 Å². The van der Waals surface area contributed by atoms with Crippen LogP contribution in [-0.2, 0) is 4.79 Å². The summed E-state index contributed by atoms with van der Waals surface area (Å²) in [6.07, 6.45) is 1.52. The first-order valence-corrected chi connectivity index (χ1v) is 4.96. The third-order valence-electron chi connectivity index (χ3n) is 2.17. The van der Waals surface area contributed by atoms with Crippen LogP contribution in [0.1, 0.15) is 12.5 Å². The van der Waals surface area contributed by atoms with Gasteiger partial charge in [-0.3, -0.25) is 0 Å². The van der Waals surface area contributed by atoms with Gasteiger partial charge in [0.25, 0.3) is 0 Å². The highest BCUT2D eigenvalue weighted by molar-refractivity contribution is 6.32. The Hall–Kier alpha value is -1.68. The predicted molar refractivity (Wildman–Crippen MR) is 58.9 cm³/mol. The molecule has 0 saturated heterocycles. The van der Waals surface area contributed by atoms with Gasteiger partial charge in [-0.2, -0.15) is 0 Å². The zero-order chi connectivity index (χ0) is 11.7. The van der Waals surface area contributed by atoms with Crippen molar-refractivity contribution < 1.29 is 19.4 Å². The van der Waals surface area contributed by atoms with E-state index < -0.39 is 5.97 Å². The Balaban J connectivity index is 2.41. The van der Waals surface area contributed by atoms with Crippen molar-refractivity contribution in [2.75, 3.05) is 6.79 Å². The fourth-order valence-electron chi connectivity index (χ4n) is 1.38. The van der Waals surface area contributed by atoms with E-state index in [9.17, 15) is 4.79 Å². The molecule has 0 radical (unpaired) electrons. The monoisotopic (exact) mass is 240 g/mol. The lowest BCUT2D eigenvalue weighted by molar-refractivity contribution is -0.132. The van der Waals surface area contributed by atoms with E-state index in [2.05, 4.69) is 0 Å². The van der Waals surface area contributed by atoms with E-state index in [0.29, 0.717) is 22.1 Å². The first kappa shape index (κ1) is 10.8. The SMILES string of the molecule is CC(=Cc1cc(Cl)c2c(c1)OCO2)C(=O)O. The van der Waals surface area contributed by atoms with Crippen molar-refractivity contribution >= 4 is 23.6 Å². The zero-order valence-corrected chi connectivity index (χ0v) is 9.25. The van der Waals surface area contributed by atoms with Gasteiger partial charge in [-0.15, -0.1) is 0 Å². The van der Waals surface area contributed by atoms with Gasteiger partial charge in [0.2, 0.25) is 6.79 Å². The lowest BCUT2D eigenvalue weighted by Crippen LogP contribution is -1.95. The molecule has 1 heterocycles. The average molecular weight is 241 g/mol. The summed E-state index contributed by atoms with van der Waals surface area (Å²) < 4.78 is 10.3. The third-order valence-corrected chi connectivity index (χ3v) is 2.45. The topological polar surface area (TPSA) is 55.8 Å². The Morgan fingerprint density at radius 3 is 2.94 bits per heavy atom. The van der Waals surface area contributed by atoms with Crippen LogP contribution >= 0.6 is 11.6 Å². The number of fused-ring (bicyclic) bond motifs is 1. The maximum absolute atomic E-state index is 10.7. The van der Waals surface area contributed by atoms with E-state index in [1.165, 1.54) is 13.0 Å². The summed E-state index contributed by atoms with van der Waals surface area (Å²) in [5, 5.41) is 9.16. The van der Waals surface area contributed by atoms with E-state index in [4.69, 9.17) is 26.2 Å². The van der Waals surface area contributed by atoms with Crippen LogP contribution in [0.25, 0.3) is 6.08 Å². The summed E-state index contributed by atoms with van der Waals surface area (Å²) in [5.74, 6) is 0.0810. The maximum atomic E-state index is 10.7. The highest BCUT2D eigenvalue weighted by Crippen LogP contribution is 2.40. The number of ether oxygens (including phenoxy) is 2. The Morgan fingerprint density at radius 2 is 2.25 bits per heavy atom. The summed E-state index contributed by atoms with van der Waals surface area (Å²) >= 11 is 5.96. The molecule has 1 aromatic rings. The normalized spacial score (nSPS) is 14.0. The number of carboxylic acid groups (broad SMARTS) is 1. The molecule has 1 N–H and O–H groups in total. The quantitative estimate of drug-likeness (QED) is 0.808. The Labute approximate surface area is 97.0 Å². The highest BCUT2D eigenvalue weighted by Gasteiger charge is 2.17. The standard InChI is InChI=1S/C11H9ClO4/c1-6(11(13)14)2-7-3-8(12)10-9(4-7)15-5-16-10/h2-4H,5H2,1H3,(H,13,14). The van der Waals surface area contributed by atoms with Crippen LogP contribution in [0.15, 0.2) is 17.7 Å².